The molecule has 2 rings (SSSR count). The van der Waals surface area contributed by atoms with Gasteiger partial charge >= 0.3 is 0 Å². The molecule has 0 saturated heterocycles. The topological polar surface area (TPSA) is 84.9 Å². The second-order valence-electron chi connectivity index (χ2n) is 5.93. The molecule has 1 N–H and O–H groups in total. The van der Waals surface area contributed by atoms with Crippen molar-refractivity contribution in [3.8, 4) is 11.5 Å². The van der Waals surface area contributed by atoms with Crippen molar-refractivity contribution in [2.45, 2.75) is 25.7 Å². The van der Waals surface area contributed by atoms with Crippen LogP contribution in [0, 0.1) is 0 Å². The number of sulfonamides is 1. The van der Waals surface area contributed by atoms with Crippen LogP contribution in [0.25, 0.3) is 0 Å². The van der Waals surface area contributed by atoms with Crippen molar-refractivity contribution in [3.63, 3.8) is 0 Å². The van der Waals surface area contributed by atoms with Crippen LogP contribution in [0.5, 0.6) is 11.5 Å². The van der Waals surface area contributed by atoms with Crippen molar-refractivity contribution >= 4 is 33.2 Å². The van der Waals surface area contributed by atoms with E-state index < -0.39 is 15.9 Å². The lowest BCUT2D eigenvalue weighted by molar-refractivity contribution is -0.116. The highest BCUT2D eigenvalue weighted by molar-refractivity contribution is 7.89. The minimum atomic E-state index is -3.91. The Labute approximate surface area is 176 Å². The molecule has 1 amide bonds. The maximum absolute atomic E-state index is 13.0. The molecule has 9 heteroatoms. The summed E-state index contributed by atoms with van der Waals surface area (Å²) in [6.07, 6.45) is 0. The van der Waals surface area contributed by atoms with E-state index in [2.05, 4.69) is 5.32 Å². The average Bonchev–Trinajstić information content (AvgIpc) is 2.69. The van der Waals surface area contributed by atoms with E-state index in [-0.39, 0.29) is 23.0 Å². The van der Waals surface area contributed by atoms with Gasteiger partial charge in [0.25, 0.3) is 0 Å². The SMILES string of the molecule is CCOc1ccc(S(=O)(=O)N(CC)CC(=O)Nc2ccccc2OCC)cc1Cl. The monoisotopic (exact) mass is 440 g/mol. The summed E-state index contributed by atoms with van der Waals surface area (Å²) in [6.45, 7) is 5.94. The second kappa shape index (κ2) is 10.5. The zero-order valence-electron chi connectivity index (χ0n) is 16.6. The van der Waals surface area contributed by atoms with Crippen LogP contribution in [0.3, 0.4) is 0 Å². The fraction of sp³-hybridized carbons (Fsp3) is 0.350. The molecule has 158 valence electrons. The third-order valence-corrected chi connectivity index (χ3v) is 6.19. The Morgan fingerprint density at radius 3 is 2.31 bits per heavy atom. The van der Waals surface area contributed by atoms with Gasteiger partial charge in [-0.15, -0.1) is 0 Å². The van der Waals surface area contributed by atoms with Crippen LogP contribution in [0.15, 0.2) is 47.4 Å². The lowest BCUT2D eigenvalue weighted by atomic mass is 10.3. The molecule has 0 aliphatic heterocycles. The van der Waals surface area contributed by atoms with Crippen molar-refractivity contribution in [2.75, 3.05) is 31.6 Å². The molecule has 0 fully saturated rings. The van der Waals surface area contributed by atoms with Crippen molar-refractivity contribution < 1.29 is 22.7 Å². The molecule has 7 nitrogen and oxygen atoms in total. The van der Waals surface area contributed by atoms with E-state index in [4.69, 9.17) is 21.1 Å². The number of halogens is 1. The van der Waals surface area contributed by atoms with Gasteiger partial charge in [0.05, 0.1) is 35.4 Å². The molecule has 0 bridgehead atoms. The lowest BCUT2D eigenvalue weighted by Gasteiger charge is -2.21. The third-order valence-electron chi connectivity index (χ3n) is 3.97. The molecule has 0 atom stereocenters. The van der Waals surface area contributed by atoms with Gasteiger partial charge in [-0.2, -0.15) is 4.31 Å². The van der Waals surface area contributed by atoms with Crippen molar-refractivity contribution in [2.24, 2.45) is 0 Å². The number of carbonyl (C=O) groups excluding carboxylic acids is 1. The summed E-state index contributed by atoms with van der Waals surface area (Å²) < 4.78 is 37.8. The Balaban J connectivity index is 2.18. The summed E-state index contributed by atoms with van der Waals surface area (Å²) in [4.78, 5) is 12.5. The number of hydrogen-bond acceptors (Lipinski definition) is 5. The molecule has 0 radical (unpaired) electrons. The van der Waals surface area contributed by atoms with E-state index in [0.29, 0.717) is 30.4 Å². The van der Waals surface area contributed by atoms with Gasteiger partial charge in [-0.05, 0) is 44.2 Å². The Bertz CT molecular complexity index is 950. The molecule has 0 aliphatic rings. The fourth-order valence-electron chi connectivity index (χ4n) is 2.63. The zero-order chi connectivity index (χ0) is 21.4. The van der Waals surface area contributed by atoms with E-state index in [0.717, 1.165) is 4.31 Å². The van der Waals surface area contributed by atoms with Gasteiger partial charge < -0.3 is 14.8 Å². The highest BCUT2D eigenvalue weighted by Crippen LogP contribution is 2.29. The normalized spacial score (nSPS) is 11.3. The molecule has 0 aliphatic carbocycles. The van der Waals surface area contributed by atoms with Gasteiger partial charge in [-0.25, -0.2) is 8.42 Å². The first kappa shape index (κ1) is 23.0. The fourth-order valence-corrected chi connectivity index (χ4v) is 4.36. The quantitative estimate of drug-likeness (QED) is 0.607. The molecule has 0 saturated carbocycles. The molecule has 0 aromatic heterocycles. The Hall–Kier alpha value is -2.29. The molecule has 0 spiro atoms. The van der Waals surface area contributed by atoms with Crippen LogP contribution in [0.1, 0.15) is 20.8 Å². The van der Waals surface area contributed by atoms with Crippen molar-refractivity contribution in [1.82, 2.24) is 4.31 Å². The average molecular weight is 441 g/mol. The number of rotatable bonds is 10. The number of amides is 1. The molecule has 0 unspecified atom stereocenters. The molecular formula is C20H25ClN2O5S. The molecule has 29 heavy (non-hydrogen) atoms. The zero-order valence-corrected chi connectivity index (χ0v) is 18.2. The van der Waals surface area contributed by atoms with Crippen LogP contribution < -0.4 is 14.8 Å². The van der Waals surface area contributed by atoms with E-state index >= 15 is 0 Å². The van der Waals surface area contributed by atoms with Crippen LogP contribution >= 0.6 is 11.6 Å². The Morgan fingerprint density at radius 1 is 1.03 bits per heavy atom. The molecule has 0 heterocycles. The third kappa shape index (κ3) is 5.85. The maximum atomic E-state index is 13.0. The van der Waals surface area contributed by atoms with Gasteiger partial charge in [0.1, 0.15) is 11.5 Å². The predicted molar refractivity (Wildman–Crippen MR) is 113 cm³/mol. The number of likely N-dealkylation sites (N-methyl/N-ethyl adjacent to an activating group) is 1. The number of para-hydroxylation sites is 2. The molecule has 2 aromatic carbocycles. The van der Waals surface area contributed by atoms with Crippen LogP contribution in [-0.2, 0) is 14.8 Å². The first-order valence-electron chi connectivity index (χ1n) is 9.27. The summed E-state index contributed by atoms with van der Waals surface area (Å²) >= 11 is 6.12. The second-order valence-corrected chi connectivity index (χ2v) is 8.28. The summed E-state index contributed by atoms with van der Waals surface area (Å²) in [6, 6.07) is 11.2. The first-order valence-corrected chi connectivity index (χ1v) is 11.1. The van der Waals surface area contributed by atoms with Crippen LogP contribution in [0.2, 0.25) is 5.02 Å². The summed E-state index contributed by atoms with van der Waals surface area (Å²) in [5.74, 6) is 0.452. The van der Waals surface area contributed by atoms with E-state index in [1.54, 1.807) is 31.2 Å². The summed E-state index contributed by atoms with van der Waals surface area (Å²) in [7, 11) is -3.91. The number of nitrogens with zero attached hydrogens (tertiary/aromatic N) is 1. The minimum Gasteiger partial charge on any atom is -0.492 e. The van der Waals surface area contributed by atoms with Gasteiger partial charge in [0.15, 0.2) is 0 Å². The van der Waals surface area contributed by atoms with E-state index in [1.165, 1.54) is 18.2 Å². The number of anilines is 1. The smallest absolute Gasteiger partial charge is 0.243 e. The van der Waals surface area contributed by atoms with Crippen LogP contribution in [-0.4, -0.2) is 44.9 Å². The first-order chi connectivity index (χ1) is 13.8. The highest BCUT2D eigenvalue weighted by atomic mass is 35.5. The molecular weight excluding hydrogens is 416 g/mol. The standard InChI is InChI=1S/C20H25ClN2O5S/c1-4-23(14-20(24)22-17-9-7-8-10-19(17)28-6-3)29(25,26)15-11-12-18(27-5-2)16(21)13-15/h7-13H,4-6,14H2,1-3H3,(H,22,24). The van der Waals surface area contributed by atoms with E-state index in [9.17, 15) is 13.2 Å². The van der Waals surface area contributed by atoms with Gasteiger partial charge in [0.2, 0.25) is 15.9 Å². The number of carbonyl (C=O) groups is 1. The Morgan fingerprint density at radius 2 is 1.69 bits per heavy atom. The molecule has 2 aromatic rings. The number of ether oxygens (including phenoxy) is 2. The summed E-state index contributed by atoms with van der Waals surface area (Å²) in [5, 5.41) is 2.90. The van der Waals surface area contributed by atoms with E-state index in [1.807, 2.05) is 13.8 Å². The van der Waals surface area contributed by atoms with Crippen molar-refractivity contribution in [1.29, 1.82) is 0 Å². The number of benzene rings is 2. The van der Waals surface area contributed by atoms with Crippen molar-refractivity contribution in [3.05, 3.63) is 47.5 Å². The highest BCUT2D eigenvalue weighted by Gasteiger charge is 2.26. The largest absolute Gasteiger partial charge is 0.492 e. The van der Waals surface area contributed by atoms with Crippen LogP contribution in [0.4, 0.5) is 5.69 Å². The number of nitrogens with one attached hydrogen (secondary N) is 1. The lowest BCUT2D eigenvalue weighted by Crippen LogP contribution is -2.37. The maximum Gasteiger partial charge on any atom is 0.243 e. The van der Waals surface area contributed by atoms with Gasteiger partial charge in [0, 0.05) is 6.54 Å². The number of hydrogen-bond donors (Lipinski definition) is 1. The predicted octanol–water partition coefficient (Wildman–Crippen LogP) is 3.79. The van der Waals surface area contributed by atoms with Gasteiger partial charge in [-0.3, -0.25) is 4.79 Å². The summed E-state index contributed by atoms with van der Waals surface area (Å²) in [5.41, 5.74) is 0.483. The van der Waals surface area contributed by atoms with Gasteiger partial charge in [-0.1, -0.05) is 30.7 Å². The Kier molecular flexibility index (Phi) is 8.31. The minimum absolute atomic E-state index is 0.00433.